The number of benzene rings is 3. The van der Waals surface area contributed by atoms with E-state index in [1.807, 2.05) is 42.5 Å². The van der Waals surface area contributed by atoms with Crippen LogP contribution in [0.4, 0.5) is 5.69 Å². The number of hydrogen-bond donors (Lipinski definition) is 1. The van der Waals surface area contributed by atoms with Crippen LogP contribution in [0.5, 0.6) is 5.75 Å². The van der Waals surface area contributed by atoms with Crippen molar-refractivity contribution < 1.29 is 19.1 Å². The molecule has 0 saturated heterocycles. The van der Waals surface area contributed by atoms with Crippen LogP contribution in [0.1, 0.15) is 35.3 Å². The zero-order valence-electron chi connectivity index (χ0n) is 17.3. The van der Waals surface area contributed by atoms with Crippen molar-refractivity contribution in [3.63, 3.8) is 0 Å². The fourth-order valence-electron chi connectivity index (χ4n) is 3.20. The SMILES string of the molecule is COC(=O)c1ccccc1NC(=O)COc1ccc(C(C)(C)c2ccccc2)cc1. The van der Waals surface area contributed by atoms with Gasteiger partial charge in [-0.2, -0.15) is 0 Å². The Morgan fingerprint density at radius 3 is 2.10 bits per heavy atom. The molecule has 3 aromatic carbocycles. The summed E-state index contributed by atoms with van der Waals surface area (Å²) < 4.78 is 10.3. The maximum absolute atomic E-state index is 12.3. The number of anilines is 1. The third-order valence-corrected chi connectivity index (χ3v) is 5.05. The molecule has 154 valence electrons. The zero-order valence-corrected chi connectivity index (χ0v) is 17.3. The van der Waals surface area contributed by atoms with E-state index in [-0.39, 0.29) is 17.9 Å². The van der Waals surface area contributed by atoms with Crippen LogP contribution in [0.2, 0.25) is 0 Å². The fourth-order valence-corrected chi connectivity index (χ4v) is 3.20. The Bertz CT molecular complexity index is 1010. The zero-order chi connectivity index (χ0) is 21.6. The number of ether oxygens (including phenoxy) is 2. The van der Waals surface area contributed by atoms with Crippen molar-refractivity contribution in [3.05, 3.63) is 95.6 Å². The molecule has 3 aromatic rings. The van der Waals surface area contributed by atoms with Crippen molar-refractivity contribution in [1.29, 1.82) is 0 Å². The van der Waals surface area contributed by atoms with Crippen molar-refractivity contribution in [1.82, 2.24) is 0 Å². The van der Waals surface area contributed by atoms with Crippen LogP contribution in [0.3, 0.4) is 0 Å². The van der Waals surface area contributed by atoms with E-state index in [1.54, 1.807) is 24.3 Å². The molecule has 0 bridgehead atoms. The lowest BCUT2D eigenvalue weighted by Gasteiger charge is -2.26. The first-order valence-corrected chi connectivity index (χ1v) is 9.68. The van der Waals surface area contributed by atoms with Crippen molar-refractivity contribution >= 4 is 17.6 Å². The van der Waals surface area contributed by atoms with E-state index in [9.17, 15) is 9.59 Å². The van der Waals surface area contributed by atoms with Gasteiger partial charge in [-0.25, -0.2) is 4.79 Å². The molecule has 0 radical (unpaired) electrons. The molecule has 0 aliphatic carbocycles. The van der Waals surface area contributed by atoms with E-state index in [0.29, 0.717) is 17.0 Å². The topological polar surface area (TPSA) is 64.6 Å². The van der Waals surface area contributed by atoms with Crippen LogP contribution >= 0.6 is 0 Å². The number of carbonyl (C=O) groups is 2. The highest BCUT2D eigenvalue weighted by molar-refractivity contribution is 6.01. The largest absolute Gasteiger partial charge is 0.484 e. The number of hydrogen-bond acceptors (Lipinski definition) is 4. The monoisotopic (exact) mass is 403 g/mol. The van der Waals surface area contributed by atoms with E-state index in [1.165, 1.54) is 12.7 Å². The molecular formula is C25H25NO4. The van der Waals surface area contributed by atoms with Crippen LogP contribution in [0.15, 0.2) is 78.9 Å². The molecule has 1 amide bonds. The van der Waals surface area contributed by atoms with Crippen LogP contribution < -0.4 is 10.1 Å². The molecule has 1 N–H and O–H groups in total. The second-order valence-electron chi connectivity index (χ2n) is 7.39. The van der Waals surface area contributed by atoms with Gasteiger partial charge in [0.15, 0.2) is 6.61 Å². The minimum atomic E-state index is -0.511. The Morgan fingerprint density at radius 1 is 0.833 bits per heavy atom. The maximum Gasteiger partial charge on any atom is 0.339 e. The third-order valence-electron chi connectivity index (χ3n) is 5.05. The molecule has 0 aliphatic heterocycles. The molecule has 5 heteroatoms. The molecule has 0 atom stereocenters. The average Bonchev–Trinajstić information content (AvgIpc) is 2.78. The van der Waals surface area contributed by atoms with Gasteiger partial charge < -0.3 is 14.8 Å². The summed E-state index contributed by atoms with van der Waals surface area (Å²) in [6, 6.07) is 24.7. The lowest BCUT2D eigenvalue weighted by molar-refractivity contribution is -0.118. The standard InChI is InChI=1S/C25H25NO4/c1-25(2,18-9-5-4-6-10-18)19-13-15-20(16-14-19)30-17-23(27)26-22-12-8-7-11-21(22)24(28)29-3/h4-16H,17H2,1-3H3,(H,26,27). The van der Waals surface area contributed by atoms with Gasteiger partial charge in [0.05, 0.1) is 18.4 Å². The van der Waals surface area contributed by atoms with Crippen molar-refractivity contribution in [2.24, 2.45) is 0 Å². The summed E-state index contributed by atoms with van der Waals surface area (Å²) >= 11 is 0. The number of methoxy groups -OCH3 is 1. The van der Waals surface area contributed by atoms with Gasteiger partial charge in [0.2, 0.25) is 0 Å². The van der Waals surface area contributed by atoms with E-state index in [2.05, 4.69) is 31.3 Å². The third kappa shape index (κ3) is 4.87. The molecule has 0 unspecified atom stereocenters. The molecule has 30 heavy (non-hydrogen) atoms. The average molecular weight is 403 g/mol. The van der Waals surface area contributed by atoms with Crippen LogP contribution in [-0.4, -0.2) is 25.6 Å². The van der Waals surface area contributed by atoms with E-state index >= 15 is 0 Å². The second-order valence-corrected chi connectivity index (χ2v) is 7.39. The van der Waals surface area contributed by atoms with Gasteiger partial charge in [0, 0.05) is 5.41 Å². The summed E-state index contributed by atoms with van der Waals surface area (Å²) in [5.41, 5.74) is 2.91. The lowest BCUT2D eigenvalue weighted by atomic mass is 9.78. The molecular weight excluding hydrogens is 378 g/mol. The second kappa shape index (κ2) is 9.27. The lowest BCUT2D eigenvalue weighted by Crippen LogP contribution is -2.22. The fraction of sp³-hybridized carbons (Fsp3) is 0.200. The highest BCUT2D eigenvalue weighted by Crippen LogP contribution is 2.32. The van der Waals surface area contributed by atoms with Gasteiger partial charge >= 0.3 is 5.97 Å². The van der Waals surface area contributed by atoms with Crippen molar-refractivity contribution in [2.45, 2.75) is 19.3 Å². The Morgan fingerprint density at radius 2 is 1.43 bits per heavy atom. The summed E-state index contributed by atoms with van der Waals surface area (Å²) in [5, 5.41) is 2.69. The molecule has 3 rings (SSSR count). The quantitative estimate of drug-likeness (QED) is 0.575. The summed E-state index contributed by atoms with van der Waals surface area (Å²) in [5.74, 6) is -0.275. The van der Waals surface area contributed by atoms with Crippen LogP contribution in [0, 0.1) is 0 Å². The minimum absolute atomic E-state index is 0.144. The van der Waals surface area contributed by atoms with Gasteiger partial charge in [-0.15, -0.1) is 0 Å². The summed E-state index contributed by atoms with van der Waals surface area (Å²) in [4.78, 5) is 24.1. The number of amides is 1. The predicted molar refractivity (Wildman–Crippen MR) is 117 cm³/mol. The van der Waals surface area contributed by atoms with E-state index in [4.69, 9.17) is 9.47 Å². The van der Waals surface area contributed by atoms with E-state index in [0.717, 1.165) is 5.56 Å². The van der Waals surface area contributed by atoms with Gasteiger partial charge in [-0.3, -0.25) is 4.79 Å². The molecule has 0 fully saturated rings. The van der Waals surface area contributed by atoms with Crippen molar-refractivity contribution in [3.8, 4) is 5.75 Å². The first kappa shape index (κ1) is 21.1. The molecule has 5 nitrogen and oxygen atoms in total. The number of para-hydroxylation sites is 1. The molecule has 0 saturated carbocycles. The van der Waals surface area contributed by atoms with Gasteiger partial charge in [-0.1, -0.05) is 68.4 Å². The Labute approximate surface area is 176 Å². The summed E-state index contributed by atoms with van der Waals surface area (Å²) in [7, 11) is 1.30. The highest BCUT2D eigenvalue weighted by atomic mass is 16.5. The summed E-state index contributed by atoms with van der Waals surface area (Å²) in [6.07, 6.45) is 0. The van der Waals surface area contributed by atoms with E-state index < -0.39 is 5.97 Å². The number of esters is 1. The molecule has 0 aromatic heterocycles. The summed E-state index contributed by atoms with van der Waals surface area (Å²) in [6.45, 7) is 4.17. The smallest absolute Gasteiger partial charge is 0.339 e. The van der Waals surface area contributed by atoms with Gasteiger partial charge in [0.1, 0.15) is 5.75 Å². The Kier molecular flexibility index (Phi) is 6.52. The van der Waals surface area contributed by atoms with Gasteiger partial charge in [-0.05, 0) is 35.4 Å². The van der Waals surface area contributed by atoms with Crippen LogP contribution in [0.25, 0.3) is 0 Å². The number of carbonyl (C=O) groups excluding carboxylic acids is 2. The Hall–Kier alpha value is -3.60. The predicted octanol–water partition coefficient (Wildman–Crippen LogP) is 4.82. The van der Waals surface area contributed by atoms with Crippen molar-refractivity contribution in [2.75, 3.05) is 19.0 Å². The van der Waals surface area contributed by atoms with Gasteiger partial charge in [0.25, 0.3) is 5.91 Å². The normalized spacial score (nSPS) is 10.9. The molecule has 0 spiro atoms. The minimum Gasteiger partial charge on any atom is -0.484 e. The maximum atomic E-state index is 12.3. The molecule has 0 heterocycles. The first-order chi connectivity index (χ1) is 14.4. The highest BCUT2D eigenvalue weighted by Gasteiger charge is 2.22. The number of nitrogens with one attached hydrogen (secondary N) is 1. The molecule has 0 aliphatic rings. The number of rotatable bonds is 7. The first-order valence-electron chi connectivity index (χ1n) is 9.68. The Balaban J connectivity index is 1.62. The van der Waals surface area contributed by atoms with Crippen LogP contribution in [-0.2, 0) is 14.9 Å².